The van der Waals surface area contributed by atoms with E-state index >= 15 is 0 Å². The molecule has 0 unspecified atom stereocenters. The highest BCUT2D eigenvalue weighted by Crippen LogP contribution is 2.22. The zero-order valence-electron chi connectivity index (χ0n) is 8.74. The molecule has 84 valence electrons. The van der Waals surface area contributed by atoms with Gasteiger partial charge in [0.1, 0.15) is 5.69 Å². The van der Waals surface area contributed by atoms with Crippen LogP contribution in [0.1, 0.15) is 17.4 Å². The quantitative estimate of drug-likeness (QED) is 0.645. The Hall–Kier alpha value is -1.68. The Labute approximate surface area is 97.5 Å². The van der Waals surface area contributed by atoms with E-state index in [1.807, 2.05) is 6.07 Å². The van der Waals surface area contributed by atoms with Crippen molar-refractivity contribution in [3.63, 3.8) is 0 Å². The molecule has 0 aliphatic rings. The molecule has 0 amide bonds. The molecule has 1 aromatic carbocycles. The molecule has 0 saturated carbocycles. The predicted molar refractivity (Wildman–Crippen MR) is 63.1 cm³/mol. The number of ether oxygens (including phenoxy) is 1. The minimum Gasteiger partial charge on any atom is -0.461 e. The van der Waals surface area contributed by atoms with E-state index in [0.29, 0.717) is 22.8 Å². The molecule has 0 spiro atoms. The lowest BCUT2D eigenvalue weighted by Gasteiger charge is -2.03. The van der Waals surface area contributed by atoms with Crippen LogP contribution in [0.25, 0.3) is 10.9 Å². The Balaban J connectivity index is 2.56. The van der Waals surface area contributed by atoms with E-state index in [0.717, 1.165) is 5.39 Å². The second-order valence-electron chi connectivity index (χ2n) is 3.32. The van der Waals surface area contributed by atoms with Crippen LogP contribution < -0.4 is 5.84 Å². The molecule has 0 saturated heterocycles. The summed E-state index contributed by atoms with van der Waals surface area (Å²) in [7, 11) is 0. The predicted octanol–water partition coefficient (Wildman–Crippen LogP) is 2.19. The summed E-state index contributed by atoms with van der Waals surface area (Å²) in [6.07, 6.45) is 0. The van der Waals surface area contributed by atoms with Gasteiger partial charge in [-0.2, -0.15) is 0 Å². The molecule has 2 rings (SSSR count). The number of hydrogen-bond acceptors (Lipinski definition) is 3. The topological polar surface area (TPSA) is 57.2 Å². The fourth-order valence-electron chi connectivity index (χ4n) is 1.56. The molecule has 0 atom stereocenters. The summed E-state index contributed by atoms with van der Waals surface area (Å²) in [5.74, 6) is 5.36. The van der Waals surface area contributed by atoms with Crippen LogP contribution in [0.15, 0.2) is 24.3 Å². The minimum atomic E-state index is -0.433. The van der Waals surface area contributed by atoms with E-state index < -0.39 is 5.97 Å². The molecule has 2 N–H and O–H groups in total. The Morgan fingerprint density at radius 1 is 1.50 bits per heavy atom. The number of esters is 1. The van der Waals surface area contributed by atoms with Gasteiger partial charge < -0.3 is 10.6 Å². The maximum Gasteiger partial charge on any atom is 0.356 e. The van der Waals surface area contributed by atoms with Gasteiger partial charge in [0.15, 0.2) is 0 Å². The van der Waals surface area contributed by atoms with E-state index in [1.165, 1.54) is 4.68 Å². The van der Waals surface area contributed by atoms with Crippen LogP contribution in [0.5, 0.6) is 0 Å². The summed E-state index contributed by atoms with van der Waals surface area (Å²) in [5.41, 5.74) is 1.02. The van der Waals surface area contributed by atoms with E-state index in [4.69, 9.17) is 22.2 Å². The number of nitrogens with two attached hydrogens (primary N) is 1. The molecule has 4 nitrogen and oxygen atoms in total. The highest BCUT2D eigenvalue weighted by Gasteiger charge is 2.14. The zero-order chi connectivity index (χ0) is 11.7. The van der Waals surface area contributed by atoms with Crippen molar-refractivity contribution in [2.45, 2.75) is 6.92 Å². The van der Waals surface area contributed by atoms with Gasteiger partial charge in [0, 0.05) is 10.4 Å². The highest BCUT2D eigenvalue weighted by atomic mass is 35.5. The zero-order valence-corrected chi connectivity index (χ0v) is 9.49. The molecular formula is C11H11ClN2O2. The lowest BCUT2D eigenvalue weighted by Crippen LogP contribution is -2.17. The average molecular weight is 239 g/mol. The van der Waals surface area contributed by atoms with Crippen molar-refractivity contribution in [2.75, 3.05) is 12.4 Å². The second kappa shape index (κ2) is 4.06. The summed E-state index contributed by atoms with van der Waals surface area (Å²) in [6.45, 7) is 2.07. The Kier molecular flexibility index (Phi) is 2.75. The number of carbonyl (C=O) groups is 1. The molecule has 0 bridgehead atoms. The molecular weight excluding hydrogens is 228 g/mol. The van der Waals surface area contributed by atoms with Crippen molar-refractivity contribution >= 4 is 28.5 Å². The van der Waals surface area contributed by atoms with Crippen molar-refractivity contribution in [2.24, 2.45) is 0 Å². The van der Waals surface area contributed by atoms with Crippen LogP contribution in [0.2, 0.25) is 5.02 Å². The van der Waals surface area contributed by atoms with E-state index in [9.17, 15) is 4.79 Å². The third-order valence-electron chi connectivity index (χ3n) is 2.29. The molecule has 1 aromatic heterocycles. The Morgan fingerprint density at radius 3 is 2.94 bits per heavy atom. The number of hydrogen-bond donors (Lipinski definition) is 1. The van der Waals surface area contributed by atoms with Gasteiger partial charge in [0.2, 0.25) is 0 Å². The first-order chi connectivity index (χ1) is 7.63. The monoisotopic (exact) mass is 238 g/mol. The molecule has 1 heterocycles. The van der Waals surface area contributed by atoms with Gasteiger partial charge in [-0.25, -0.2) is 4.79 Å². The fraction of sp³-hybridized carbons (Fsp3) is 0.182. The summed E-state index contributed by atoms with van der Waals surface area (Å²) >= 11 is 5.86. The Bertz CT molecular complexity index is 548. The van der Waals surface area contributed by atoms with Gasteiger partial charge in [-0.05, 0) is 25.1 Å². The van der Waals surface area contributed by atoms with Gasteiger partial charge in [-0.3, -0.25) is 4.68 Å². The van der Waals surface area contributed by atoms with Crippen LogP contribution in [-0.2, 0) is 4.74 Å². The minimum absolute atomic E-state index is 0.319. The third kappa shape index (κ3) is 1.72. The van der Waals surface area contributed by atoms with Crippen molar-refractivity contribution in [1.29, 1.82) is 0 Å². The first kappa shape index (κ1) is 10.8. The fourth-order valence-corrected chi connectivity index (χ4v) is 1.72. The van der Waals surface area contributed by atoms with Crippen molar-refractivity contribution in [3.05, 3.63) is 35.0 Å². The third-order valence-corrected chi connectivity index (χ3v) is 2.52. The van der Waals surface area contributed by atoms with Crippen molar-refractivity contribution in [3.8, 4) is 0 Å². The van der Waals surface area contributed by atoms with Crippen LogP contribution in [0.3, 0.4) is 0 Å². The number of benzene rings is 1. The number of halogens is 1. The van der Waals surface area contributed by atoms with Crippen LogP contribution in [-0.4, -0.2) is 17.3 Å². The summed E-state index contributed by atoms with van der Waals surface area (Å²) in [5, 5.41) is 1.43. The molecule has 0 aliphatic heterocycles. The maximum absolute atomic E-state index is 11.6. The average Bonchev–Trinajstić information content (AvgIpc) is 2.57. The van der Waals surface area contributed by atoms with Gasteiger partial charge in [-0.15, -0.1) is 0 Å². The lowest BCUT2D eigenvalue weighted by atomic mass is 10.2. The number of nitrogens with zero attached hydrogens (tertiary/aromatic N) is 1. The summed E-state index contributed by atoms with van der Waals surface area (Å²) in [4.78, 5) is 11.6. The first-order valence-electron chi connectivity index (χ1n) is 4.86. The number of carbonyl (C=O) groups excluding carboxylic acids is 1. The lowest BCUT2D eigenvalue weighted by molar-refractivity contribution is 0.0517. The number of fused-ring (bicyclic) bond motifs is 1. The van der Waals surface area contributed by atoms with Crippen LogP contribution in [0, 0.1) is 0 Å². The van der Waals surface area contributed by atoms with E-state index in [2.05, 4.69) is 0 Å². The van der Waals surface area contributed by atoms with E-state index in [1.54, 1.807) is 25.1 Å². The van der Waals surface area contributed by atoms with Crippen LogP contribution >= 0.6 is 11.6 Å². The first-order valence-corrected chi connectivity index (χ1v) is 5.24. The highest BCUT2D eigenvalue weighted by molar-refractivity contribution is 6.31. The number of nitrogen functional groups attached to an aromatic ring is 1. The smallest absolute Gasteiger partial charge is 0.356 e. The number of rotatable bonds is 2. The van der Waals surface area contributed by atoms with Gasteiger partial charge in [-0.1, -0.05) is 17.7 Å². The molecule has 2 aromatic rings. The van der Waals surface area contributed by atoms with E-state index in [-0.39, 0.29) is 0 Å². The van der Waals surface area contributed by atoms with Crippen molar-refractivity contribution in [1.82, 2.24) is 4.68 Å². The van der Waals surface area contributed by atoms with Gasteiger partial charge in [0.25, 0.3) is 0 Å². The summed E-state index contributed by atoms with van der Waals surface area (Å²) < 4.78 is 6.19. The second-order valence-corrected chi connectivity index (χ2v) is 3.76. The maximum atomic E-state index is 11.6. The van der Waals surface area contributed by atoms with Gasteiger partial charge >= 0.3 is 5.97 Å². The molecule has 5 heteroatoms. The summed E-state index contributed by atoms with van der Waals surface area (Å²) in [6, 6.07) is 6.95. The van der Waals surface area contributed by atoms with Gasteiger partial charge in [0.05, 0.1) is 12.1 Å². The van der Waals surface area contributed by atoms with Crippen molar-refractivity contribution < 1.29 is 9.53 Å². The number of aromatic nitrogens is 1. The Morgan fingerprint density at radius 2 is 2.25 bits per heavy atom. The largest absolute Gasteiger partial charge is 0.461 e. The SMILES string of the molecule is CCOC(=O)c1cc2ccc(Cl)cc2n1N. The standard InChI is InChI=1S/C11H11ClN2O2/c1-2-16-11(15)10-5-7-3-4-8(12)6-9(7)14(10)13/h3-6H,2,13H2,1H3. The molecule has 0 fully saturated rings. The normalized spacial score (nSPS) is 10.6. The molecule has 16 heavy (non-hydrogen) atoms. The van der Waals surface area contributed by atoms with Crippen LogP contribution in [0.4, 0.5) is 0 Å². The molecule has 0 aliphatic carbocycles. The molecule has 0 radical (unpaired) electrons.